The van der Waals surface area contributed by atoms with Crippen LogP contribution in [0.2, 0.25) is 0 Å². The Morgan fingerprint density at radius 2 is 2.03 bits per heavy atom. The van der Waals surface area contributed by atoms with Gasteiger partial charge in [-0.2, -0.15) is 29.8 Å². The Hall–Kier alpha value is -3.24. The number of aromatic nitrogens is 1. The molecule has 188 valence electrons. The van der Waals surface area contributed by atoms with Crippen molar-refractivity contribution in [3.8, 4) is 11.8 Å². The second kappa shape index (κ2) is 11.2. The minimum absolute atomic E-state index is 0.0350. The van der Waals surface area contributed by atoms with Crippen LogP contribution in [0.15, 0.2) is 45.9 Å². The second-order valence-corrected chi connectivity index (χ2v) is 9.67. The first kappa shape index (κ1) is 25.8. The highest BCUT2D eigenvalue weighted by Gasteiger charge is 2.31. The number of nitrogens with zero attached hydrogens (tertiary/aromatic N) is 3. The Balaban J connectivity index is 1.79. The van der Waals surface area contributed by atoms with Crippen LogP contribution in [0.3, 0.4) is 0 Å². The van der Waals surface area contributed by atoms with Gasteiger partial charge in [-0.05, 0) is 46.7 Å². The third kappa shape index (κ3) is 5.93. The van der Waals surface area contributed by atoms with E-state index in [-0.39, 0.29) is 27.0 Å². The largest absolute Gasteiger partial charge is 0.416 e. The van der Waals surface area contributed by atoms with Crippen molar-refractivity contribution in [2.45, 2.75) is 6.18 Å². The number of hydrogen-bond donors (Lipinski definition) is 1. The van der Waals surface area contributed by atoms with Gasteiger partial charge >= 0.3 is 6.18 Å². The van der Waals surface area contributed by atoms with E-state index >= 15 is 0 Å². The summed E-state index contributed by atoms with van der Waals surface area (Å²) in [4.78, 5) is 28.4. The van der Waals surface area contributed by atoms with Crippen LogP contribution in [0, 0.1) is 11.3 Å². The molecular weight excluding hydrogens is 513 g/mol. The van der Waals surface area contributed by atoms with Gasteiger partial charge in [-0.1, -0.05) is 6.07 Å². The molecule has 3 aromatic rings. The van der Waals surface area contributed by atoms with Crippen molar-refractivity contribution in [1.29, 1.82) is 5.26 Å². The minimum Gasteiger partial charge on any atom is -0.379 e. The molecule has 0 radical (unpaired) electrons. The zero-order valence-electron chi connectivity index (χ0n) is 18.9. The quantitative estimate of drug-likeness (QED) is 0.523. The summed E-state index contributed by atoms with van der Waals surface area (Å²) in [5.74, 6) is -0.699. The molecule has 1 aliphatic rings. The molecule has 1 aromatic carbocycles. The van der Waals surface area contributed by atoms with Crippen molar-refractivity contribution in [2.24, 2.45) is 0 Å². The molecule has 1 amide bonds. The number of morpholine rings is 1. The van der Waals surface area contributed by atoms with Crippen LogP contribution in [0.1, 0.15) is 11.1 Å². The van der Waals surface area contributed by atoms with Gasteiger partial charge in [0, 0.05) is 26.2 Å². The number of thiazole rings is 1. The lowest BCUT2D eigenvalue weighted by Gasteiger charge is -2.26. The number of ether oxygens (including phenoxy) is 1. The first-order chi connectivity index (χ1) is 17.3. The normalized spacial score (nSPS) is 16.0. The Morgan fingerprint density at radius 3 is 2.69 bits per heavy atom. The molecule has 0 saturated carbocycles. The fourth-order valence-corrected chi connectivity index (χ4v) is 5.37. The average molecular weight is 535 g/mol. The molecule has 0 atom stereocenters. The number of thiophene rings is 1. The predicted octanol–water partition coefficient (Wildman–Crippen LogP) is 1.93. The molecule has 2 aromatic heterocycles. The molecule has 0 bridgehead atoms. The minimum atomic E-state index is -4.62. The van der Waals surface area contributed by atoms with Gasteiger partial charge in [-0.3, -0.25) is 19.1 Å². The number of hydrogen-bond acceptors (Lipinski definition) is 7. The molecule has 0 spiro atoms. The van der Waals surface area contributed by atoms with Gasteiger partial charge < -0.3 is 10.1 Å². The highest BCUT2D eigenvalue weighted by molar-refractivity contribution is 7.08. The van der Waals surface area contributed by atoms with E-state index in [0.29, 0.717) is 19.8 Å². The highest BCUT2D eigenvalue weighted by Crippen LogP contribution is 2.30. The maximum atomic E-state index is 13.4. The van der Waals surface area contributed by atoms with Gasteiger partial charge in [-0.25, -0.2) is 0 Å². The number of halogens is 3. The topological polar surface area (TPSA) is 87.4 Å². The molecule has 1 aliphatic heterocycles. The molecule has 0 aliphatic carbocycles. The summed E-state index contributed by atoms with van der Waals surface area (Å²) in [6.45, 7) is 3.47. The summed E-state index contributed by atoms with van der Waals surface area (Å²) in [7, 11) is 0. The lowest BCUT2D eigenvalue weighted by atomic mass is 10.2. The zero-order chi connectivity index (χ0) is 25.7. The van der Waals surface area contributed by atoms with Crippen LogP contribution in [0.4, 0.5) is 13.2 Å². The summed E-state index contributed by atoms with van der Waals surface area (Å²) in [5.41, 5.74) is -1.26. The number of alkyl halides is 3. The summed E-state index contributed by atoms with van der Waals surface area (Å²) < 4.78 is 46.5. The fourth-order valence-electron chi connectivity index (χ4n) is 3.65. The molecule has 1 fully saturated rings. The Labute approximate surface area is 212 Å². The summed E-state index contributed by atoms with van der Waals surface area (Å²) in [5, 5.41) is 16.2. The second-order valence-electron chi connectivity index (χ2n) is 7.86. The van der Waals surface area contributed by atoms with Crippen LogP contribution in [-0.2, 0) is 15.7 Å². The molecule has 0 unspecified atom stereocenters. The lowest BCUT2D eigenvalue weighted by Crippen LogP contribution is -2.42. The average Bonchev–Trinajstić information content (AvgIpc) is 3.48. The summed E-state index contributed by atoms with van der Waals surface area (Å²) in [6, 6.07) is 7.88. The van der Waals surface area contributed by atoms with Gasteiger partial charge in [-0.15, -0.1) is 11.3 Å². The smallest absolute Gasteiger partial charge is 0.379 e. The summed E-state index contributed by atoms with van der Waals surface area (Å²) >= 11 is 2.31. The van der Waals surface area contributed by atoms with Gasteiger partial charge in [0.15, 0.2) is 5.57 Å². The van der Waals surface area contributed by atoms with Crippen molar-refractivity contribution in [3.63, 3.8) is 0 Å². The number of carbonyl (C=O) groups is 1. The number of amides is 1. The van der Waals surface area contributed by atoms with E-state index in [0.717, 1.165) is 46.7 Å². The van der Waals surface area contributed by atoms with E-state index < -0.39 is 23.2 Å². The maximum Gasteiger partial charge on any atom is 0.416 e. The van der Waals surface area contributed by atoms with Crippen LogP contribution in [0.25, 0.3) is 17.3 Å². The first-order valence-corrected chi connectivity index (χ1v) is 12.7. The molecule has 3 heterocycles. The van der Waals surface area contributed by atoms with E-state index in [1.54, 1.807) is 17.5 Å². The van der Waals surface area contributed by atoms with Crippen LogP contribution in [-0.4, -0.2) is 54.8 Å². The SMILES string of the molecule is N#CC(C(=O)NCCN1CCOCC1)=c1sc(=Cc2ccsc2)c(=O)n1-c1cccc(C(F)(F)F)c1. The van der Waals surface area contributed by atoms with E-state index in [2.05, 4.69) is 10.2 Å². The Bertz CT molecular complexity index is 1450. The third-order valence-corrected chi connectivity index (χ3v) is 7.26. The van der Waals surface area contributed by atoms with Crippen LogP contribution in [0.5, 0.6) is 0 Å². The molecule has 12 heteroatoms. The van der Waals surface area contributed by atoms with E-state index in [1.807, 2.05) is 11.4 Å². The molecule has 36 heavy (non-hydrogen) atoms. The monoisotopic (exact) mass is 534 g/mol. The number of carbonyl (C=O) groups excluding carboxylic acids is 1. The number of rotatable bonds is 6. The van der Waals surface area contributed by atoms with Crippen LogP contribution >= 0.6 is 22.7 Å². The standard InChI is InChI=1S/C24H21F3N4O3S2/c25-24(26,27)17-2-1-3-18(13-17)31-22(33)20(12-16-4-11-35-15-16)36-23(31)19(14-28)21(32)29-5-6-30-7-9-34-10-8-30/h1-4,11-13,15H,5-10H2,(H,29,32). The zero-order valence-corrected chi connectivity index (χ0v) is 20.5. The molecular formula is C24H21F3N4O3S2. The number of nitrogens with one attached hydrogen (secondary N) is 1. The van der Waals surface area contributed by atoms with Gasteiger partial charge in [0.2, 0.25) is 0 Å². The van der Waals surface area contributed by atoms with Crippen molar-refractivity contribution in [3.05, 3.63) is 71.8 Å². The van der Waals surface area contributed by atoms with Gasteiger partial charge in [0.1, 0.15) is 10.7 Å². The molecule has 1 saturated heterocycles. The lowest BCUT2D eigenvalue weighted by molar-refractivity contribution is -0.137. The molecule has 1 N–H and O–H groups in total. The van der Waals surface area contributed by atoms with E-state index in [4.69, 9.17) is 4.74 Å². The van der Waals surface area contributed by atoms with E-state index in [1.165, 1.54) is 23.5 Å². The third-order valence-electron chi connectivity index (χ3n) is 5.47. The van der Waals surface area contributed by atoms with Crippen molar-refractivity contribution in [1.82, 2.24) is 14.8 Å². The Kier molecular flexibility index (Phi) is 8.05. The predicted molar refractivity (Wildman–Crippen MR) is 131 cm³/mol. The van der Waals surface area contributed by atoms with Crippen LogP contribution < -0.4 is 20.1 Å². The van der Waals surface area contributed by atoms with E-state index in [9.17, 15) is 28.0 Å². The van der Waals surface area contributed by atoms with Gasteiger partial charge in [0.25, 0.3) is 11.5 Å². The van der Waals surface area contributed by atoms with Crippen molar-refractivity contribution >= 4 is 40.2 Å². The first-order valence-electron chi connectivity index (χ1n) is 10.9. The summed E-state index contributed by atoms with van der Waals surface area (Å²) in [6.07, 6.45) is -3.04. The molecule has 7 nitrogen and oxygen atoms in total. The van der Waals surface area contributed by atoms with Crippen molar-refractivity contribution in [2.75, 3.05) is 39.4 Å². The number of nitriles is 1. The Morgan fingerprint density at radius 1 is 1.25 bits per heavy atom. The molecule has 4 rings (SSSR count). The number of benzene rings is 1. The van der Waals surface area contributed by atoms with Crippen molar-refractivity contribution < 1.29 is 22.7 Å². The highest BCUT2D eigenvalue weighted by atomic mass is 32.1. The van der Waals surface area contributed by atoms with Gasteiger partial charge in [0.05, 0.1) is 29.0 Å². The fraction of sp³-hybridized carbons (Fsp3) is 0.292. The maximum absolute atomic E-state index is 13.4.